The number of nitrogens with two attached hydrogens (primary N) is 2. The second kappa shape index (κ2) is 10.6. The first-order valence-electron chi connectivity index (χ1n) is 10.2. The van der Waals surface area contributed by atoms with Crippen molar-refractivity contribution in [2.45, 2.75) is 35.8 Å². The maximum absolute atomic E-state index is 12.9. The number of thioether (sulfide) groups is 1. The summed E-state index contributed by atoms with van der Waals surface area (Å²) in [5.41, 5.74) is 12.1. The van der Waals surface area contributed by atoms with E-state index in [0.29, 0.717) is 11.2 Å². The summed E-state index contributed by atoms with van der Waals surface area (Å²) in [4.78, 5) is 18.7. The molecule has 2 fully saturated rings. The third-order valence-electron chi connectivity index (χ3n) is 5.67. The molecule has 0 bridgehead atoms. The standard InChI is InChI=1S/C22H32N4OS/c23-11-6-18(16-24)17-25-12-7-19(8-13-25)22(27)26-14-9-21(10-15-26)28-20-4-2-1-3-5-20/h1-6,11,16,19,21H,7-10,12-15,17,23-24H2/b11-6-,18-16+. The molecule has 0 aromatic heterocycles. The first kappa shape index (κ1) is 20.8. The van der Waals surface area contributed by atoms with Gasteiger partial charge in [-0.05, 0) is 75.0 Å². The zero-order chi connectivity index (χ0) is 19.8. The average molecular weight is 401 g/mol. The molecule has 0 aliphatic carbocycles. The van der Waals surface area contributed by atoms with E-state index in [0.717, 1.165) is 64.0 Å². The summed E-state index contributed by atoms with van der Waals surface area (Å²) in [6.45, 7) is 4.46. The number of hydrogen-bond donors (Lipinski definition) is 2. The first-order chi connectivity index (χ1) is 13.7. The van der Waals surface area contributed by atoms with E-state index in [2.05, 4.69) is 40.1 Å². The lowest BCUT2D eigenvalue weighted by Crippen LogP contribution is -2.46. The van der Waals surface area contributed by atoms with Crippen molar-refractivity contribution in [1.82, 2.24) is 9.80 Å². The van der Waals surface area contributed by atoms with E-state index in [1.54, 1.807) is 6.20 Å². The van der Waals surface area contributed by atoms with Crippen LogP contribution in [0.1, 0.15) is 25.7 Å². The maximum Gasteiger partial charge on any atom is 0.225 e. The molecule has 0 atom stereocenters. The van der Waals surface area contributed by atoms with E-state index in [1.165, 1.54) is 11.1 Å². The van der Waals surface area contributed by atoms with Crippen molar-refractivity contribution in [2.24, 2.45) is 17.4 Å². The van der Waals surface area contributed by atoms with E-state index in [4.69, 9.17) is 11.5 Å². The lowest BCUT2D eigenvalue weighted by atomic mass is 9.94. The predicted molar refractivity (Wildman–Crippen MR) is 117 cm³/mol. The van der Waals surface area contributed by atoms with Gasteiger partial charge in [-0.1, -0.05) is 18.2 Å². The van der Waals surface area contributed by atoms with Gasteiger partial charge in [-0.2, -0.15) is 0 Å². The maximum atomic E-state index is 12.9. The Kier molecular flexibility index (Phi) is 7.86. The summed E-state index contributed by atoms with van der Waals surface area (Å²) < 4.78 is 0. The average Bonchev–Trinajstić information content (AvgIpc) is 2.75. The highest BCUT2D eigenvalue weighted by Crippen LogP contribution is 2.31. The van der Waals surface area contributed by atoms with Crippen LogP contribution in [0.2, 0.25) is 0 Å². The van der Waals surface area contributed by atoms with Crippen LogP contribution in [-0.4, -0.2) is 53.7 Å². The van der Waals surface area contributed by atoms with E-state index < -0.39 is 0 Å². The predicted octanol–water partition coefficient (Wildman–Crippen LogP) is 2.80. The molecule has 2 saturated heterocycles. The van der Waals surface area contributed by atoms with Crippen molar-refractivity contribution in [3.8, 4) is 0 Å². The van der Waals surface area contributed by atoms with Crippen molar-refractivity contribution in [1.29, 1.82) is 0 Å². The van der Waals surface area contributed by atoms with Crippen LogP contribution in [0.3, 0.4) is 0 Å². The van der Waals surface area contributed by atoms with Crippen molar-refractivity contribution >= 4 is 17.7 Å². The van der Waals surface area contributed by atoms with E-state index >= 15 is 0 Å². The van der Waals surface area contributed by atoms with Gasteiger partial charge in [-0.3, -0.25) is 9.69 Å². The Hall–Kier alpha value is -1.92. The summed E-state index contributed by atoms with van der Waals surface area (Å²) >= 11 is 1.95. The number of likely N-dealkylation sites (tertiary alicyclic amines) is 2. The van der Waals surface area contributed by atoms with Crippen LogP contribution in [0.4, 0.5) is 0 Å². The van der Waals surface area contributed by atoms with Crippen LogP contribution in [0.5, 0.6) is 0 Å². The molecule has 3 rings (SSSR count). The van der Waals surface area contributed by atoms with Gasteiger partial charge in [0.25, 0.3) is 0 Å². The van der Waals surface area contributed by atoms with Crippen LogP contribution in [0, 0.1) is 5.92 Å². The molecule has 0 unspecified atom stereocenters. The molecule has 0 spiro atoms. The van der Waals surface area contributed by atoms with Crippen LogP contribution in [0.25, 0.3) is 0 Å². The molecule has 1 amide bonds. The molecule has 2 aliphatic heterocycles. The van der Waals surface area contributed by atoms with Gasteiger partial charge in [0, 0.05) is 35.7 Å². The molecule has 0 saturated carbocycles. The fourth-order valence-corrected chi connectivity index (χ4v) is 5.17. The molecule has 1 aromatic rings. The van der Waals surface area contributed by atoms with Crippen molar-refractivity contribution in [2.75, 3.05) is 32.7 Å². The normalized spacial score (nSPS) is 20.7. The highest BCUT2D eigenvalue weighted by atomic mass is 32.2. The van der Waals surface area contributed by atoms with Gasteiger partial charge >= 0.3 is 0 Å². The Morgan fingerprint density at radius 3 is 2.32 bits per heavy atom. The molecule has 2 aliphatic rings. The molecule has 28 heavy (non-hydrogen) atoms. The molecular formula is C22H32N4OS. The second-order valence-electron chi connectivity index (χ2n) is 7.61. The van der Waals surface area contributed by atoms with Gasteiger partial charge in [-0.25, -0.2) is 0 Å². The second-order valence-corrected chi connectivity index (χ2v) is 8.98. The number of rotatable bonds is 6. The molecule has 1 aromatic carbocycles. The lowest BCUT2D eigenvalue weighted by molar-refractivity contribution is -0.137. The smallest absolute Gasteiger partial charge is 0.225 e. The fraction of sp³-hybridized carbons (Fsp3) is 0.500. The Labute approximate surface area is 172 Å². The van der Waals surface area contributed by atoms with E-state index in [9.17, 15) is 4.79 Å². The van der Waals surface area contributed by atoms with E-state index in [1.807, 2.05) is 17.8 Å². The van der Waals surface area contributed by atoms with Crippen molar-refractivity contribution in [3.63, 3.8) is 0 Å². The number of carbonyl (C=O) groups excluding carboxylic acids is 1. The fourth-order valence-electron chi connectivity index (χ4n) is 4.02. The summed E-state index contributed by atoms with van der Waals surface area (Å²) in [6, 6.07) is 10.6. The Bertz CT molecular complexity index is 675. The van der Waals surface area contributed by atoms with E-state index in [-0.39, 0.29) is 5.92 Å². The van der Waals surface area contributed by atoms with Crippen molar-refractivity contribution in [3.05, 3.63) is 54.4 Å². The molecule has 5 nitrogen and oxygen atoms in total. The topological polar surface area (TPSA) is 75.6 Å². The first-order valence-corrected chi connectivity index (χ1v) is 11.1. The van der Waals surface area contributed by atoms with Crippen LogP contribution >= 0.6 is 11.8 Å². The SMILES string of the molecule is N/C=C\C(=C/N)CN1CCC(C(=O)N2CCC(Sc3ccccc3)CC2)CC1. The monoisotopic (exact) mass is 400 g/mol. The molecular weight excluding hydrogens is 368 g/mol. The number of piperidine rings is 2. The zero-order valence-electron chi connectivity index (χ0n) is 16.5. The molecule has 0 radical (unpaired) electrons. The van der Waals surface area contributed by atoms with Crippen molar-refractivity contribution < 1.29 is 4.79 Å². The minimum absolute atomic E-state index is 0.171. The minimum atomic E-state index is 0.171. The highest BCUT2D eigenvalue weighted by molar-refractivity contribution is 8.00. The number of nitrogens with zero attached hydrogens (tertiary/aromatic N) is 2. The number of carbonyl (C=O) groups is 1. The van der Waals surface area contributed by atoms with Crippen LogP contribution < -0.4 is 11.5 Å². The molecule has 6 heteroatoms. The minimum Gasteiger partial charge on any atom is -0.405 e. The summed E-state index contributed by atoms with van der Waals surface area (Å²) in [6.07, 6.45) is 9.01. The summed E-state index contributed by atoms with van der Waals surface area (Å²) in [5.74, 6) is 0.532. The molecule has 152 valence electrons. The number of benzene rings is 1. The van der Waals surface area contributed by atoms with Crippen LogP contribution in [-0.2, 0) is 4.79 Å². The third kappa shape index (κ3) is 5.79. The molecule has 2 heterocycles. The lowest BCUT2D eigenvalue weighted by Gasteiger charge is -2.37. The largest absolute Gasteiger partial charge is 0.405 e. The van der Waals surface area contributed by atoms with Gasteiger partial charge in [0.15, 0.2) is 0 Å². The van der Waals surface area contributed by atoms with Gasteiger partial charge in [0.05, 0.1) is 0 Å². The summed E-state index contributed by atoms with van der Waals surface area (Å²) in [7, 11) is 0. The molecule has 4 N–H and O–H groups in total. The summed E-state index contributed by atoms with van der Waals surface area (Å²) in [5, 5.41) is 0.616. The zero-order valence-corrected chi connectivity index (χ0v) is 17.3. The third-order valence-corrected chi connectivity index (χ3v) is 7.02. The number of hydrogen-bond acceptors (Lipinski definition) is 5. The quantitative estimate of drug-likeness (QED) is 0.718. The van der Waals surface area contributed by atoms with Gasteiger partial charge in [0.2, 0.25) is 5.91 Å². The Balaban J connectivity index is 1.41. The van der Waals surface area contributed by atoms with Gasteiger partial charge < -0.3 is 16.4 Å². The number of amides is 1. The highest BCUT2D eigenvalue weighted by Gasteiger charge is 2.31. The van der Waals surface area contributed by atoms with Gasteiger partial charge in [-0.15, -0.1) is 11.8 Å². The van der Waals surface area contributed by atoms with Gasteiger partial charge in [0.1, 0.15) is 0 Å². The Morgan fingerprint density at radius 2 is 1.71 bits per heavy atom. The van der Waals surface area contributed by atoms with Crippen LogP contribution in [0.15, 0.2) is 59.3 Å². The Morgan fingerprint density at radius 1 is 1.04 bits per heavy atom.